The number of halogens is 2. The minimum absolute atomic E-state index is 0.129. The molecular weight excluding hydrogens is 266 g/mol. The summed E-state index contributed by atoms with van der Waals surface area (Å²) in [6.45, 7) is -2.29. The van der Waals surface area contributed by atoms with Crippen molar-refractivity contribution >= 4 is 5.69 Å². The van der Waals surface area contributed by atoms with Gasteiger partial charge >= 0.3 is 6.61 Å². The third-order valence-electron chi connectivity index (χ3n) is 2.61. The standard InChI is InChI=1S/C14H14F2N2O2/c1-19-13-10(3-2-8-17-13)9-18-11-4-6-12(7-5-11)20-14(15)16/h2-8,14,18H,9H2,1H3. The highest BCUT2D eigenvalue weighted by atomic mass is 19.3. The molecule has 0 aliphatic heterocycles. The molecule has 0 bridgehead atoms. The second-order valence-corrected chi connectivity index (χ2v) is 3.93. The Morgan fingerprint density at radius 1 is 1.20 bits per heavy atom. The minimum Gasteiger partial charge on any atom is -0.481 e. The fourth-order valence-corrected chi connectivity index (χ4v) is 1.69. The molecule has 0 fully saturated rings. The van der Waals surface area contributed by atoms with E-state index in [-0.39, 0.29) is 5.75 Å². The first-order valence-corrected chi connectivity index (χ1v) is 5.95. The van der Waals surface area contributed by atoms with Gasteiger partial charge in [-0.1, -0.05) is 6.07 Å². The molecule has 0 unspecified atom stereocenters. The van der Waals surface area contributed by atoms with E-state index in [1.165, 1.54) is 12.1 Å². The van der Waals surface area contributed by atoms with E-state index in [1.807, 2.05) is 12.1 Å². The minimum atomic E-state index is -2.81. The highest BCUT2D eigenvalue weighted by Gasteiger charge is 2.05. The van der Waals surface area contributed by atoms with Crippen molar-refractivity contribution < 1.29 is 18.3 Å². The lowest BCUT2D eigenvalue weighted by atomic mass is 10.2. The monoisotopic (exact) mass is 280 g/mol. The predicted octanol–water partition coefficient (Wildman–Crippen LogP) is 3.30. The second-order valence-electron chi connectivity index (χ2n) is 3.93. The van der Waals surface area contributed by atoms with Crippen LogP contribution in [0, 0.1) is 0 Å². The van der Waals surface area contributed by atoms with E-state index < -0.39 is 6.61 Å². The summed E-state index contributed by atoms with van der Waals surface area (Å²) >= 11 is 0. The summed E-state index contributed by atoms with van der Waals surface area (Å²) in [5.74, 6) is 0.683. The van der Waals surface area contributed by atoms with Gasteiger partial charge in [-0.15, -0.1) is 0 Å². The molecule has 106 valence electrons. The normalized spacial score (nSPS) is 10.4. The molecule has 1 heterocycles. The Morgan fingerprint density at radius 2 is 1.95 bits per heavy atom. The van der Waals surface area contributed by atoms with E-state index in [0.717, 1.165) is 11.3 Å². The Labute approximate surface area is 115 Å². The van der Waals surface area contributed by atoms with Gasteiger partial charge in [0, 0.05) is 24.0 Å². The lowest BCUT2D eigenvalue weighted by Crippen LogP contribution is -2.04. The summed E-state index contributed by atoms with van der Waals surface area (Å²) in [6.07, 6.45) is 1.65. The van der Waals surface area contributed by atoms with Crippen LogP contribution >= 0.6 is 0 Å². The van der Waals surface area contributed by atoms with Crippen LogP contribution in [0.4, 0.5) is 14.5 Å². The van der Waals surface area contributed by atoms with Crippen molar-refractivity contribution in [2.24, 2.45) is 0 Å². The zero-order chi connectivity index (χ0) is 14.4. The van der Waals surface area contributed by atoms with Crippen LogP contribution in [0.2, 0.25) is 0 Å². The van der Waals surface area contributed by atoms with Crippen molar-refractivity contribution in [1.82, 2.24) is 4.98 Å². The average Bonchev–Trinajstić information content (AvgIpc) is 2.46. The van der Waals surface area contributed by atoms with Crippen molar-refractivity contribution in [3.8, 4) is 11.6 Å². The molecule has 1 N–H and O–H groups in total. The van der Waals surface area contributed by atoms with E-state index in [4.69, 9.17) is 4.74 Å². The topological polar surface area (TPSA) is 43.4 Å². The van der Waals surface area contributed by atoms with Crippen molar-refractivity contribution in [3.63, 3.8) is 0 Å². The van der Waals surface area contributed by atoms with Gasteiger partial charge in [0.25, 0.3) is 0 Å². The van der Waals surface area contributed by atoms with Gasteiger partial charge in [-0.2, -0.15) is 8.78 Å². The molecule has 0 spiro atoms. The largest absolute Gasteiger partial charge is 0.481 e. The highest BCUT2D eigenvalue weighted by Crippen LogP contribution is 2.20. The maximum absolute atomic E-state index is 12.0. The van der Waals surface area contributed by atoms with E-state index in [9.17, 15) is 8.78 Å². The fraction of sp³-hybridized carbons (Fsp3) is 0.214. The zero-order valence-corrected chi connectivity index (χ0v) is 10.8. The van der Waals surface area contributed by atoms with Gasteiger partial charge < -0.3 is 14.8 Å². The predicted molar refractivity (Wildman–Crippen MR) is 71.2 cm³/mol. The molecule has 0 atom stereocenters. The number of pyridine rings is 1. The van der Waals surface area contributed by atoms with Crippen LogP contribution in [0.25, 0.3) is 0 Å². The SMILES string of the molecule is COc1ncccc1CNc1ccc(OC(F)F)cc1. The molecule has 20 heavy (non-hydrogen) atoms. The van der Waals surface area contributed by atoms with Crippen molar-refractivity contribution in [1.29, 1.82) is 0 Å². The van der Waals surface area contributed by atoms with Gasteiger partial charge in [-0.3, -0.25) is 0 Å². The second kappa shape index (κ2) is 6.70. The van der Waals surface area contributed by atoms with Crippen LogP contribution < -0.4 is 14.8 Å². The third kappa shape index (κ3) is 3.81. The lowest BCUT2D eigenvalue weighted by molar-refractivity contribution is -0.0498. The molecule has 1 aromatic heterocycles. The van der Waals surface area contributed by atoms with Gasteiger partial charge in [0.15, 0.2) is 0 Å². The number of methoxy groups -OCH3 is 1. The number of alkyl halides is 2. The Morgan fingerprint density at radius 3 is 2.60 bits per heavy atom. The summed E-state index contributed by atoms with van der Waals surface area (Å²) in [5.41, 5.74) is 1.69. The third-order valence-corrected chi connectivity index (χ3v) is 2.61. The van der Waals surface area contributed by atoms with Gasteiger partial charge in [0.05, 0.1) is 7.11 Å². The number of rotatable bonds is 6. The Balaban J connectivity index is 1.97. The van der Waals surface area contributed by atoms with Crippen molar-refractivity contribution in [2.75, 3.05) is 12.4 Å². The molecule has 1 aromatic carbocycles. The quantitative estimate of drug-likeness (QED) is 0.881. The van der Waals surface area contributed by atoms with Gasteiger partial charge in [0.2, 0.25) is 5.88 Å². The first kappa shape index (κ1) is 14.0. The maximum Gasteiger partial charge on any atom is 0.387 e. The molecule has 0 aliphatic rings. The van der Waals surface area contributed by atoms with Gasteiger partial charge in [-0.05, 0) is 30.3 Å². The Bertz CT molecular complexity index is 547. The molecule has 2 rings (SSSR count). The van der Waals surface area contributed by atoms with E-state index in [2.05, 4.69) is 15.0 Å². The summed E-state index contributed by atoms with van der Waals surface area (Å²) in [4.78, 5) is 4.09. The van der Waals surface area contributed by atoms with Crippen molar-refractivity contribution in [2.45, 2.75) is 13.2 Å². The number of benzene rings is 1. The number of hydrogen-bond acceptors (Lipinski definition) is 4. The first-order chi connectivity index (χ1) is 9.69. The number of hydrogen-bond donors (Lipinski definition) is 1. The zero-order valence-electron chi connectivity index (χ0n) is 10.8. The van der Waals surface area contributed by atoms with Crippen LogP contribution in [0.15, 0.2) is 42.6 Å². The molecule has 0 amide bonds. The van der Waals surface area contributed by atoms with Gasteiger partial charge in [-0.25, -0.2) is 4.98 Å². The summed E-state index contributed by atoms with van der Waals surface area (Å²) in [6, 6.07) is 10.0. The number of anilines is 1. The molecule has 6 heteroatoms. The van der Waals surface area contributed by atoms with Gasteiger partial charge in [0.1, 0.15) is 5.75 Å². The van der Waals surface area contributed by atoms with Crippen LogP contribution in [0.3, 0.4) is 0 Å². The first-order valence-electron chi connectivity index (χ1n) is 5.95. The molecule has 0 aliphatic carbocycles. The number of nitrogens with one attached hydrogen (secondary N) is 1. The number of aromatic nitrogens is 1. The van der Waals surface area contributed by atoms with Crippen LogP contribution in [-0.2, 0) is 6.54 Å². The van der Waals surface area contributed by atoms with E-state index in [1.54, 1.807) is 25.4 Å². The smallest absolute Gasteiger partial charge is 0.387 e. The van der Waals surface area contributed by atoms with Crippen LogP contribution in [-0.4, -0.2) is 18.7 Å². The van der Waals surface area contributed by atoms with Crippen molar-refractivity contribution in [3.05, 3.63) is 48.2 Å². The summed E-state index contributed by atoms with van der Waals surface area (Å²) in [7, 11) is 1.56. The Kier molecular flexibility index (Phi) is 4.70. The number of ether oxygens (including phenoxy) is 2. The molecule has 0 saturated carbocycles. The lowest BCUT2D eigenvalue weighted by Gasteiger charge is -2.10. The highest BCUT2D eigenvalue weighted by molar-refractivity contribution is 5.47. The summed E-state index contributed by atoms with van der Waals surface area (Å²) < 4.78 is 33.4. The van der Waals surface area contributed by atoms with Crippen LogP contribution in [0.1, 0.15) is 5.56 Å². The Hall–Kier alpha value is -2.37. The van der Waals surface area contributed by atoms with E-state index in [0.29, 0.717) is 12.4 Å². The molecular formula is C14H14F2N2O2. The average molecular weight is 280 g/mol. The maximum atomic E-state index is 12.0. The van der Waals surface area contributed by atoms with Crippen LogP contribution in [0.5, 0.6) is 11.6 Å². The molecule has 2 aromatic rings. The molecule has 0 saturated heterocycles. The van der Waals surface area contributed by atoms with E-state index >= 15 is 0 Å². The summed E-state index contributed by atoms with van der Waals surface area (Å²) in [5, 5.41) is 3.15. The molecule has 0 radical (unpaired) electrons. The number of nitrogens with zero attached hydrogens (tertiary/aromatic N) is 1. The fourth-order valence-electron chi connectivity index (χ4n) is 1.69. The molecule has 4 nitrogen and oxygen atoms in total.